The van der Waals surface area contributed by atoms with Crippen molar-refractivity contribution in [2.75, 3.05) is 0 Å². The van der Waals surface area contributed by atoms with E-state index in [1.807, 2.05) is 18.2 Å². The monoisotopic (exact) mass is 187 g/mol. The molecule has 0 unspecified atom stereocenters. The topological polar surface area (TPSA) is 39.2 Å². The molecule has 0 saturated carbocycles. The minimum absolute atomic E-state index is 0.605. The molecule has 14 heavy (non-hydrogen) atoms. The normalized spacial score (nSPS) is 11.6. The molecule has 0 bridgehead atoms. The third-order valence-corrected chi connectivity index (χ3v) is 1.82. The van der Waals surface area contributed by atoms with Crippen LogP contribution < -0.4 is 0 Å². The van der Waals surface area contributed by atoms with Gasteiger partial charge in [0, 0.05) is 12.1 Å². The van der Waals surface area contributed by atoms with Crippen LogP contribution in [0.1, 0.15) is 5.56 Å². The first-order valence-electron chi connectivity index (χ1n) is 4.25. The summed E-state index contributed by atoms with van der Waals surface area (Å²) in [5.41, 5.74) is 1.36. The van der Waals surface area contributed by atoms with E-state index in [2.05, 4.69) is 0 Å². The average Bonchev–Trinajstić information content (AvgIpc) is 2.72. The van der Waals surface area contributed by atoms with E-state index in [1.54, 1.807) is 18.2 Å². The maximum absolute atomic E-state index is 11.5. The smallest absolute Gasteiger partial charge is 0.216 e. The molecule has 0 N–H and O–H groups in total. The molecule has 3 nitrogen and oxygen atoms in total. The molecule has 0 saturated heterocycles. The van der Waals surface area contributed by atoms with Crippen molar-refractivity contribution in [1.29, 1.82) is 0 Å². The Bertz CT molecular complexity index is 418. The van der Waals surface area contributed by atoms with Crippen LogP contribution in [-0.4, -0.2) is 11.0 Å². The van der Waals surface area contributed by atoms with Gasteiger partial charge in [0.2, 0.25) is 5.69 Å². The summed E-state index contributed by atoms with van der Waals surface area (Å²) in [6.45, 7) is 0. The predicted octanol–water partition coefficient (Wildman–Crippen LogP) is 2.54. The van der Waals surface area contributed by atoms with Crippen LogP contribution in [0.15, 0.2) is 53.3 Å². The van der Waals surface area contributed by atoms with Crippen LogP contribution in [0, 0.1) is 5.21 Å². The zero-order valence-corrected chi connectivity index (χ0v) is 7.46. The van der Waals surface area contributed by atoms with Crippen LogP contribution in [0.3, 0.4) is 0 Å². The Morgan fingerprint density at radius 3 is 2.57 bits per heavy atom. The Balaban J connectivity index is 2.29. The van der Waals surface area contributed by atoms with Crippen molar-refractivity contribution in [3.05, 3.63) is 59.7 Å². The fourth-order valence-electron chi connectivity index (χ4n) is 1.13. The maximum atomic E-state index is 11.5. The van der Waals surface area contributed by atoms with Gasteiger partial charge in [-0.05, 0) is 6.07 Å². The zero-order chi connectivity index (χ0) is 9.80. The molecule has 0 aliphatic carbocycles. The van der Waals surface area contributed by atoms with Gasteiger partial charge >= 0.3 is 0 Å². The van der Waals surface area contributed by atoms with E-state index < -0.39 is 0 Å². The van der Waals surface area contributed by atoms with Crippen molar-refractivity contribution in [2.45, 2.75) is 0 Å². The number of furan rings is 1. The van der Waals surface area contributed by atoms with Gasteiger partial charge in [-0.1, -0.05) is 18.2 Å². The Kier molecular flexibility index (Phi) is 2.32. The standard InChI is InChI=1S/C11H9NO2/c13-12(8-10-6-7-14-9-10)11-4-2-1-3-5-11/h1-9H/b12-8+. The Hall–Kier alpha value is -2.03. The van der Waals surface area contributed by atoms with Gasteiger partial charge in [-0.2, -0.15) is 4.74 Å². The highest BCUT2D eigenvalue weighted by Crippen LogP contribution is 2.09. The van der Waals surface area contributed by atoms with Crippen LogP contribution >= 0.6 is 0 Å². The zero-order valence-electron chi connectivity index (χ0n) is 7.46. The third kappa shape index (κ3) is 1.82. The van der Waals surface area contributed by atoms with E-state index >= 15 is 0 Å². The van der Waals surface area contributed by atoms with Gasteiger partial charge in [0.15, 0.2) is 6.21 Å². The van der Waals surface area contributed by atoms with Gasteiger partial charge in [0.05, 0.1) is 11.8 Å². The number of para-hydroxylation sites is 1. The van der Waals surface area contributed by atoms with Crippen LogP contribution in [0.4, 0.5) is 5.69 Å². The molecule has 0 fully saturated rings. The summed E-state index contributed by atoms with van der Waals surface area (Å²) in [6, 6.07) is 10.8. The van der Waals surface area contributed by atoms with Crippen LogP contribution in [0.2, 0.25) is 0 Å². The fraction of sp³-hybridized carbons (Fsp3) is 0. The van der Waals surface area contributed by atoms with Crippen molar-refractivity contribution < 1.29 is 9.16 Å². The SMILES string of the molecule is [O-]/[N+](=C/c1ccoc1)c1ccccc1. The molecule has 0 amide bonds. The molecule has 2 aromatic rings. The van der Waals surface area contributed by atoms with Crippen LogP contribution in [0.5, 0.6) is 0 Å². The van der Waals surface area contributed by atoms with Crippen molar-refractivity contribution >= 4 is 11.9 Å². The molecular formula is C11H9NO2. The largest absolute Gasteiger partial charge is 0.618 e. The molecule has 1 heterocycles. The van der Waals surface area contributed by atoms with Crippen molar-refractivity contribution in [3.63, 3.8) is 0 Å². The van der Waals surface area contributed by atoms with Crippen molar-refractivity contribution in [3.8, 4) is 0 Å². The summed E-state index contributed by atoms with van der Waals surface area (Å²) < 4.78 is 5.66. The minimum atomic E-state index is 0.605. The highest BCUT2D eigenvalue weighted by atomic mass is 16.5. The third-order valence-electron chi connectivity index (χ3n) is 1.82. The summed E-state index contributed by atoms with van der Waals surface area (Å²) in [6.07, 6.45) is 4.53. The van der Waals surface area contributed by atoms with E-state index in [4.69, 9.17) is 4.42 Å². The summed E-state index contributed by atoms with van der Waals surface area (Å²) in [4.78, 5) is 0. The van der Waals surface area contributed by atoms with Crippen molar-refractivity contribution in [1.82, 2.24) is 0 Å². The lowest BCUT2D eigenvalue weighted by molar-refractivity contribution is -0.354. The quantitative estimate of drug-likeness (QED) is 0.313. The number of nitrogens with zero attached hydrogens (tertiary/aromatic N) is 1. The van der Waals surface area contributed by atoms with E-state index in [-0.39, 0.29) is 0 Å². The van der Waals surface area contributed by atoms with Gasteiger partial charge in [0.25, 0.3) is 0 Å². The van der Waals surface area contributed by atoms with Crippen molar-refractivity contribution in [2.24, 2.45) is 0 Å². The molecule has 70 valence electrons. The maximum Gasteiger partial charge on any atom is 0.216 e. The Morgan fingerprint density at radius 1 is 1.14 bits per heavy atom. The molecule has 0 atom stereocenters. The first kappa shape index (κ1) is 8.56. The average molecular weight is 187 g/mol. The van der Waals surface area contributed by atoms with Gasteiger partial charge in [-0.25, -0.2) is 0 Å². The summed E-state index contributed by atoms with van der Waals surface area (Å²) in [5, 5.41) is 11.5. The second-order valence-corrected chi connectivity index (χ2v) is 2.85. The summed E-state index contributed by atoms with van der Waals surface area (Å²) >= 11 is 0. The molecular weight excluding hydrogens is 178 g/mol. The van der Waals surface area contributed by atoms with E-state index in [1.165, 1.54) is 18.7 Å². The molecule has 1 aromatic heterocycles. The predicted molar refractivity (Wildman–Crippen MR) is 53.6 cm³/mol. The molecule has 0 aliphatic heterocycles. The Morgan fingerprint density at radius 2 is 1.93 bits per heavy atom. The second kappa shape index (κ2) is 3.79. The number of hydrogen-bond acceptors (Lipinski definition) is 2. The fourth-order valence-corrected chi connectivity index (χ4v) is 1.13. The number of hydrogen-bond donors (Lipinski definition) is 0. The lowest BCUT2D eigenvalue weighted by Gasteiger charge is -2.00. The Labute approximate surface area is 81.5 Å². The van der Waals surface area contributed by atoms with E-state index in [9.17, 15) is 5.21 Å². The lowest BCUT2D eigenvalue weighted by atomic mass is 10.3. The molecule has 0 spiro atoms. The van der Waals surface area contributed by atoms with Gasteiger partial charge < -0.3 is 9.62 Å². The lowest BCUT2D eigenvalue weighted by Crippen LogP contribution is -1.96. The summed E-state index contributed by atoms with van der Waals surface area (Å²) in [5.74, 6) is 0. The second-order valence-electron chi connectivity index (χ2n) is 2.85. The van der Waals surface area contributed by atoms with Crippen LogP contribution in [0.25, 0.3) is 0 Å². The van der Waals surface area contributed by atoms with Gasteiger partial charge in [-0.3, -0.25) is 0 Å². The summed E-state index contributed by atoms with van der Waals surface area (Å²) in [7, 11) is 0. The molecule has 0 aliphatic rings. The number of rotatable bonds is 2. The first-order valence-corrected chi connectivity index (χ1v) is 4.25. The van der Waals surface area contributed by atoms with E-state index in [0.717, 1.165) is 10.3 Å². The highest BCUT2D eigenvalue weighted by molar-refractivity contribution is 5.75. The molecule has 3 heteroatoms. The molecule has 0 radical (unpaired) electrons. The first-order chi connectivity index (χ1) is 6.86. The van der Waals surface area contributed by atoms with Gasteiger partial charge in [-0.15, -0.1) is 0 Å². The highest BCUT2D eigenvalue weighted by Gasteiger charge is 2.00. The van der Waals surface area contributed by atoms with E-state index in [0.29, 0.717) is 5.69 Å². The molecule has 2 rings (SSSR count). The minimum Gasteiger partial charge on any atom is -0.618 e. The molecule has 1 aromatic carbocycles. The van der Waals surface area contributed by atoms with Gasteiger partial charge in [0.1, 0.15) is 6.26 Å². The van der Waals surface area contributed by atoms with Crippen LogP contribution in [-0.2, 0) is 0 Å². The number of benzene rings is 1.